The number of nitrogens with zero attached hydrogens (tertiary/aromatic N) is 1. The van der Waals surface area contributed by atoms with Crippen molar-refractivity contribution in [3.8, 4) is 11.4 Å². The highest BCUT2D eigenvalue weighted by atomic mass is 35.5. The van der Waals surface area contributed by atoms with E-state index in [1.54, 1.807) is 0 Å². The second-order valence-corrected chi connectivity index (χ2v) is 4.50. The molecule has 0 amide bonds. The van der Waals surface area contributed by atoms with Gasteiger partial charge in [0.2, 0.25) is 0 Å². The molecule has 0 bridgehead atoms. The molecule has 1 heterocycles. The van der Waals surface area contributed by atoms with E-state index in [2.05, 4.69) is 29.0 Å². The predicted molar refractivity (Wildman–Crippen MR) is 71.3 cm³/mol. The smallest absolute Gasteiger partial charge is 0.138 e. The highest BCUT2D eigenvalue weighted by Gasteiger charge is 2.07. The van der Waals surface area contributed by atoms with E-state index >= 15 is 0 Å². The molecular weight excluding hydrogens is 232 g/mol. The third-order valence-electron chi connectivity index (χ3n) is 2.85. The van der Waals surface area contributed by atoms with Gasteiger partial charge >= 0.3 is 0 Å². The Balaban J connectivity index is 2.22. The molecule has 3 rings (SSSR count). The van der Waals surface area contributed by atoms with E-state index in [9.17, 15) is 0 Å². The molecule has 84 valence electrons. The fourth-order valence-electron chi connectivity index (χ4n) is 1.95. The number of hydrogen-bond donors (Lipinski definition) is 1. The van der Waals surface area contributed by atoms with Crippen LogP contribution >= 0.6 is 11.6 Å². The molecule has 17 heavy (non-hydrogen) atoms. The van der Waals surface area contributed by atoms with Crippen LogP contribution in [0.15, 0.2) is 42.5 Å². The fraction of sp³-hybridized carbons (Fsp3) is 0.0714. The lowest BCUT2D eigenvalue weighted by Gasteiger charge is -2.00. The van der Waals surface area contributed by atoms with Crippen molar-refractivity contribution < 1.29 is 0 Å². The summed E-state index contributed by atoms with van der Waals surface area (Å²) < 4.78 is 0. The first kappa shape index (κ1) is 10.4. The zero-order chi connectivity index (χ0) is 11.8. The first-order valence-corrected chi connectivity index (χ1v) is 5.83. The maximum absolute atomic E-state index is 5.95. The molecule has 0 radical (unpaired) electrons. The number of H-pyrrole nitrogens is 1. The summed E-state index contributed by atoms with van der Waals surface area (Å²) in [4.78, 5) is 7.87. The van der Waals surface area contributed by atoms with Gasteiger partial charge in [0.15, 0.2) is 0 Å². The predicted octanol–water partition coefficient (Wildman–Crippen LogP) is 4.19. The van der Waals surface area contributed by atoms with E-state index in [-0.39, 0.29) is 0 Å². The number of aryl methyl sites for hydroxylation is 1. The van der Waals surface area contributed by atoms with Crippen LogP contribution in [0.4, 0.5) is 0 Å². The van der Waals surface area contributed by atoms with Crippen LogP contribution in [0.3, 0.4) is 0 Å². The Morgan fingerprint density at radius 1 is 1.12 bits per heavy atom. The molecule has 0 unspecified atom stereocenters. The van der Waals surface area contributed by atoms with E-state index < -0.39 is 0 Å². The molecule has 0 saturated heterocycles. The summed E-state index contributed by atoms with van der Waals surface area (Å²) in [5, 5.41) is 0.709. The van der Waals surface area contributed by atoms with Gasteiger partial charge in [0.25, 0.3) is 0 Å². The van der Waals surface area contributed by atoms with Crippen molar-refractivity contribution in [2.45, 2.75) is 6.92 Å². The lowest BCUT2D eigenvalue weighted by atomic mass is 10.1. The Morgan fingerprint density at radius 3 is 2.76 bits per heavy atom. The van der Waals surface area contributed by atoms with Gasteiger partial charge in [0, 0.05) is 10.6 Å². The lowest BCUT2D eigenvalue weighted by molar-refractivity contribution is 1.31. The molecule has 0 aliphatic carbocycles. The molecule has 2 nitrogen and oxygen atoms in total. The number of imidazole rings is 1. The minimum atomic E-state index is 0.709. The maximum Gasteiger partial charge on any atom is 0.138 e. The summed E-state index contributed by atoms with van der Waals surface area (Å²) in [6, 6.07) is 13.9. The fourth-order valence-corrected chi connectivity index (χ4v) is 2.11. The van der Waals surface area contributed by atoms with Crippen molar-refractivity contribution in [3.63, 3.8) is 0 Å². The molecule has 0 aliphatic rings. The van der Waals surface area contributed by atoms with E-state index in [0.29, 0.717) is 5.02 Å². The van der Waals surface area contributed by atoms with E-state index in [1.807, 2.05) is 30.3 Å². The lowest BCUT2D eigenvalue weighted by Crippen LogP contribution is -1.83. The van der Waals surface area contributed by atoms with Crippen LogP contribution in [0.2, 0.25) is 5.02 Å². The van der Waals surface area contributed by atoms with Crippen LogP contribution in [0, 0.1) is 6.92 Å². The molecular formula is C14H11ClN2. The van der Waals surface area contributed by atoms with Crippen molar-refractivity contribution in [2.24, 2.45) is 0 Å². The molecule has 0 fully saturated rings. The highest BCUT2D eigenvalue weighted by Crippen LogP contribution is 2.24. The average molecular weight is 243 g/mol. The Hall–Kier alpha value is -1.80. The summed E-state index contributed by atoms with van der Waals surface area (Å²) in [6.07, 6.45) is 0. The molecule has 0 saturated carbocycles. The van der Waals surface area contributed by atoms with Gasteiger partial charge in [-0.25, -0.2) is 4.98 Å². The Labute approximate surface area is 104 Å². The van der Waals surface area contributed by atoms with Crippen LogP contribution < -0.4 is 0 Å². The monoisotopic (exact) mass is 242 g/mol. The number of rotatable bonds is 1. The summed E-state index contributed by atoms with van der Waals surface area (Å²) >= 11 is 5.95. The van der Waals surface area contributed by atoms with Gasteiger partial charge < -0.3 is 4.98 Å². The van der Waals surface area contributed by atoms with Gasteiger partial charge in [-0.3, -0.25) is 0 Å². The van der Waals surface area contributed by atoms with Crippen LogP contribution in [-0.2, 0) is 0 Å². The Bertz CT molecular complexity index is 686. The Kier molecular flexibility index (Phi) is 2.37. The van der Waals surface area contributed by atoms with Gasteiger partial charge in [0.05, 0.1) is 11.0 Å². The number of fused-ring (bicyclic) bond motifs is 1. The zero-order valence-corrected chi connectivity index (χ0v) is 10.1. The number of nitrogens with one attached hydrogen (secondary N) is 1. The van der Waals surface area contributed by atoms with Crippen LogP contribution in [0.5, 0.6) is 0 Å². The third-order valence-corrected chi connectivity index (χ3v) is 3.08. The van der Waals surface area contributed by atoms with E-state index in [4.69, 9.17) is 11.6 Å². The van der Waals surface area contributed by atoms with Crippen LogP contribution in [0.25, 0.3) is 22.4 Å². The van der Waals surface area contributed by atoms with Crippen molar-refractivity contribution in [2.75, 3.05) is 0 Å². The quantitative estimate of drug-likeness (QED) is 0.681. The summed E-state index contributed by atoms with van der Waals surface area (Å²) in [6.45, 7) is 2.08. The molecule has 1 N–H and O–H groups in total. The maximum atomic E-state index is 5.95. The molecule has 3 heteroatoms. The van der Waals surface area contributed by atoms with E-state index in [1.165, 1.54) is 5.56 Å². The number of aromatic nitrogens is 2. The molecule has 0 aliphatic heterocycles. The first-order chi connectivity index (χ1) is 8.24. The molecule has 2 aromatic carbocycles. The summed E-state index contributed by atoms with van der Waals surface area (Å²) in [7, 11) is 0. The van der Waals surface area contributed by atoms with Gasteiger partial charge in [-0.1, -0.05) is 35.9 Å². The largest absolute Gasteiger partial charge is 0.338 e. The summed E-state index contributed by atoms with van der Waals surface area (Å²) in [5.41, 5.74) is 4.24. The number of aromatic amines is 1. The van der Waals surface area contributed by atoms with Gasteiger partial charge in [0.1, 0.15) is 5.82 Å². The van der Waals surface area contributed by atoms with Crippen molar-refractivity contribution in [1.82, 2.24) is 9.97 Å². The summed E-state index contributed by atoms with van der Waals surface area (Å²) in [5.74, 6) is 0.889. The van der Waals surface area contributed by atoms with Crippen molar-refractivity contribution >= 4 is 22.6 Å². The number of benzene rings is 2. The molecule has 0 atom stereocenters. The van der Waals surface area contributed by atoms with Gasteiger partial charge in [-0.05, 0) is 30.7 Å². The minimum absolute atomic E-state index is 0.709. The van der Waals surface area contributed by atoms with Gasteiger partial charge in [-0.2, -0.15) is 0 Å². The average Bonchev–Trinajstić information content (AvgIpc) is 2.72. The number of halogens is 1. The molecule has 3 aromatic rings. The topological polar surface area (TPSA) is 28.7 Å². The second-order valence-electron chi connectivity index (χ2n) is 4.06. The Morgan fingerprint density at radius 2 is 1.94 bits per heavy atom. The second kappa shape index (κ2) is 3.90. The zero-order valence-electron chi connectivity index (χ0n) is 9.37. The highest BCUT2D eigenvalue weighted by molar-refractivity contribution is 6.31. The normalized spacial score (nSPS) is 10.9. The van der Waals surface area contributed by atoms with E-state index in [0.717, 1.165) is 22.4 Å². The van der Waals surface area contributed by atoms with Crippen molar-refractivity contribution in [3.05, 3.63) is 53.1 Å². The standard InChI is InChI=1S/C14H11ClN2/c1-9-4-2-3-5-11(9)14-16-12-7-6-10(15)8-13(12)17-14/h2-8H,1H3,(H,16,17). The SMILES string of the molecule is Cc1ccccc1-c1nc2cc(Cl)ccc2[nH]1. The van der Waals surface area contributed by atoms with Crippen molar-refractivity contribution in [1.29, 1.82) is 0 Å². The minimum Gasteiger partial charge on any atom is -0.338 e. The third kappa shape index (κ3) is 1.81. The molecule has 1 aromatic heterocycles. The molecule has 0 spiro atoms. The van der Waals surface area contributed by atoms with Crippen LogP contribution in [-0.4, -0.2) is 9.97 Å². The number of hydrogen-bond acceptors (Lipinski definition) is 1. The van der Waals surface area contributed by atoms with Crippen LogP contribution in [0.1, 0.15) is 5.56 Å². The van der Waals surface area contributed by atoms with Gasteiger partial charge in [-0.15, -0.1) is 0 Å². The first-order valence-electron chi connectivity index (χ1n) is 5.45.